The fourth-order valence-electron chi connectivity index (χ4n) is 1.76. The van der Waals surface area contributed by atoms with Gasteiger partial charge in [-0.15, -0.1) is 0 Å². The summed E-state index contributed by atoms with van der Waals surface area (Å²) in [6, 6.07) is 5.00. The van der Waals surface area contributed by atoms with Crippen LogP contribution in [-0.4, -0.2) is 22.3 Å². The predicted molar refractivity (Wildman–Crippen MR) is 71.2 cm³/mol. The summed E-state index contributed by atoms with van der Waals surface area (Å²) in [7, 11) is 0. The molecule has 5 nitrogen and oxygen atoms in total. The highest BCUT2D eigenvalue weighted by Gasteiger charge is 2.10. The quantitative estimate of drug-likeness (QED) is 0.818. The van der Waals surface area contributed by atoms with Crippen LogP contribution < -0.4 is 5.43 Å². The van der Waals surface area contributed by atoms with Crippen LogP contribution in [0, 0.1) is 0 Å². The topological polar surface area (TPSA) is 87.2 Å². The molecule has 1 aromatic heterocycles. The van der Waals surface area contributed by atoms with Crippen molar-refractivity contribution < 1.29 is 14.7 Å². The summed E-state index contributed by atoms with van der Waals surface area (Å²) >= 11 is 0. The van der Waals surface area contributed by atoms with Gasteiger partial charge in [-0.3, -0.25) is 4.79 Å². The molecule has 0 atom stereocenters. The molecule has 1 heterocycles. The highest BCUT2D eigenvalue weighted by Crippen LogP contribution is 2.12. The number of nitrogens with one attached hydrogen (secondary N) is 1. The zero-order valence-corrected chi connectivity index (χ0v) is 9.92. The maximum Gasteiger partial charge on any atom is 0.341 e. The third kappa shape index (κ3) is 2.60. The van der Waals surface area contributed by atoms with E-state index in [-0.39, 0.29) is 5.56 Å². The maximum atomic E-state index is 11.9. The van der Waals surface area contributed by atoms with Crippen LogP contribution in [0.1, 0.15) is 22.3 Å². The number of carboxylic acid groups (broad SMARTS) is 1. The molecule has 0 amide bonds. The van der Waals surface area contributed by atoms with Gasteiger partial charge in [-0.1, -0.05) is 18.2 Å². The molecule has 2 rings (SSSR count). The number of aromatic nitrogens is 1. The van der Waals surface area contributed by atoms with Crippen molar-refractivity contribution in [2.75, 3.05) is 0 Å². The van der Waals surface area contributed by atoms with Gasteiger partial charge < -0.3 is 14.9 Å². The number of H-pyrrole nitrogens is 1. The summed E-state index contributed by atoms with van der Waals surface area (Å²) in [6.45, 7) is 0. The zero-order valence-electron chi connectivity index (χ0n) is 9.92. The van der Waals surface area contributed by atoms with Crippen molar-refractivity contribution in [2.24, 2.45) is 0 Å². The standard InChI is InChI=1S/C14H11NO4/c16-6-2-1-3-9-4-5-10-12(7-9)15-8-11(13(10)17)14(18)19/h1,3-8H,2H2,(H,15,17)(H,18,19). The van der Waals surface area contributed by atoms with Crippen molar-refractivity contribution in [3.8, 4) is 0 Å². The second-order valence-electron chi connectivity index (χ2n) is 3.95. The lowest BCUT2D eigenvalue weighted by atomic mass is 10.1. The fourth-order valence-corrected chi connectivity index (χ4v) is 1.76. The lowest BCUT2D eigenvalue weighted by Gasteiger charge is -2.01. The monoisotopic (exact) mass is 257 g/mol. The van der Waals surface area contributed by atoms with E-state index in [2.05, 4.69) is 4.98 Å². The largest absolute Gasteiger partial charge is 0.477 e. The second-order valence-corrected chi connectivity index (χ2v) is 3.95. The lowest BCUT2D eigenvalue weighted by Crippen LogP contribution is -2.15. The number of fused-ring (bicyclic) bond motifs is 1. The highest BCUT2D eigenvalue weighted by molar-refractivity contribution is 5.92. The number of aromatic carboxylic acids is 1. The van der Waals surface area contributed by atoms with Crippen LogP contribution >= 0.6 is 0 Å². The van der Waals surface area contributed by atoms with Crippen molar-refractivity contribution >= 4 is 29.2 Å². The van der Waals surface area contributed by atoms with Gasteiger partial charge in [0, 0.05) is 23.5 Å². The Balaban J connectivity index is 2.52. The van der Waals surface area contributed by atoms with E-state index in [0.29, 0.717) is 17.3 Å². The van der Waals surface area contributed by atoms with Gasteiger partial charge in [-0.25, -0.2) is 4.79 Å². The molecule has 5 heteroatoms. The molecule has 0 saturated carbocycles. The Hall–Kier alpha value is -2.69. The molecule has 19 heavy (non-hydrogen) atoms. The van der Waals surface area contributed by atoms with Crippen molar-refractivity contribution in [2.45, 2.75) is 6.42 Å². The number of aldehydes is 1. The Labute approximate surface area is 108 Å². The van der Waals surface area contributed by atoms with E-state index >= 15 is 0 Å². The molecule has 1 aromatic carbocycles. The first-order valence-corrected chi connectivity index (χ1v) is 5.62. The first kappa shape index (κ1) is 12.8. The van der Waals surface area contributed by atoms with E-state index in [1.54, 1.807) is 30.4 Å². The van der Waals surface area contributed by atoms with Gasteiger partial charge in [-0.05, 0) is 17.7 Å². The molecule has 0 radical (unpaired) electrons. The van der Waals surface area contributed by atoms with E-state index in [1.807, 2.05) is 0 Å². The number of carbonyl (C=O) groups excluding carboxylic acids is 1. The molecule has 2 N–H and O–H groups in total. The number of pyridine rings is 1. The molecular formula is C14H11NO4. The minimum absolute atomic E-state index is 0.281. The molecule has 2 aromatic rings. The number of hydrogen-bond acceptors (Lipinski definition) is 3. The summed E-state index contributed by atoms with van der Waals surface area (Å²) in [5.74, 6) is -1.25. The van der Waals surface area contributed by atoms with Gasteiger partial charge in [0.1, 0.15) is 11.8 Å². The first-order chi connectivity index (χ1) is 9.13. The number of carbonyl (C=O) groups is 2. The van der Waals surface area contributed by atoms with Crippen LogP contribution in [0.4, 0.5) is 0 Å². The van der Waals surface area contributed by atoms with E-state index in [0.717, 1.165) is 11.8 Å². The van der Waals surface area contributed by atoms with Crippen LogP contribution in [0.5, 0.6) is 0 Å². The molecule has 0 spiro atoms. The molecule has 0 bridgehead atoms. The number of allylic oxidation sites excluding steroid dienone is 1. The van der Waals surface area contributed by atoms with E-state index in [9.17, 15) is 14.4 Å². The highest BCUT2D eigenvalue weighted by atomic mass is 16.4. The minimum atomic E-state index is -1.25. The maximum absolute atomic E-state index is 11.9. The average molecular weight is 257 g/mol. The van der Waals surface area contributed by atoms with Gasteiger partial charge in [0.2, 0.25) is 5.43 Å². The molecule has 0 aliphatic rings. The third-order valence-electron chi connectivity index (χ3n) is 2.68. The van der Waals surface area contributed by atoms with Crippen molar-refractivity contribution in [3.05, 3.63) is 51.8 Å². The third-order valence-corrected chi connectivity index (χ3v) is 2.68. The summed E-state index contributed by atoms with van der Waals surface area (Å²) < 4.78 is 0. The molecule has 0 fully saturated rings. The van der Waals surface area contributed by atoms with E-state index < -0.39 is 11.4 Å². The van der Waals surface area contributed by atoms with Gasteiger partial charge in [0.05, 0.1) is 0 Å². The van der Waals surface area contributed by atoms with Crippen molar-refractivity contribution in [3.63, 3.8) is 0 Å². The number of benzene rings is 1. The Bertz CT molecular complexity index is 728. The van der Waals surface area contributed by atoms with E-state index in [4.69, 9.17) is 5.11 Å². The second kappa shape index (κ2) is 5.30. The Morgan fingerprint density at radius 2 is 2.16 bits per heavy atom. The molecule has 0 aliphatic heterocycles. The number of rotatable bonds is 4. The summed E-state index contributed by atoms with van der Waals surface area (Å²) in [5.41, 5.74) is 0.595. The smallest absolute Gasteiger partial charge is 0.341 e. The summed E-state index contributed by atoms with van der Waals surface area (Å²) in [4.78, 5) is 35.7. The summed E-state index contributed by atoms with van der Waals surface area (Å²) in [5, 5.41) is 9.19. The number of hydrogen-bond donors (Lipinski definition) is 2. The van der Waals surface area contributed by atoms with Crippen LogP contribution in [0.2, 0.25) is 0 Å². The number of carboxylic acids is 1. The molecule has 0 unspecified atom stereocenters. The lowest BCUT2D eigenvalue weighted by molar-refractivity contribution is -0.107. The molecule has 0 saturated heterocycles. The minimum Gasteiger partial charge on any atom is -0.477 e. The molecule has 0 aliphatic carbocycles. The van der Waals surface area contributed by atoms with Gasteiger partial charge >= 0.3 is 5.97 Å². The van der Waals surface area contributed by atoms with Crippen LogP contribution in [-0.2, 0) is 4.79 Å². The fraction of sp³-hybridized carbons (Fsp3) is 0.0714. The molecule has 96 valence electrons. The SMILES string of the molecule is O=CCC=Cc1ccc2c(=O)c(C(=O)O)c[nH]c2c1. The van der Waals surface area contributed by atoms with Crippen LogP contribution in [0.3, 0.4) is 0 Å². The van der Waals surface area contributed by atoms with Crippen LogP contribution in [0.15, 0.2) is 35.3 Å². The Morgan fingerprint density at radius 3 is 2.84 bits per heavy atom. The van der Waals surface area contributed by atoms with E-state index in [1.165, 1.54) is 6.20 Å². The predicted octanol–water partition coefficient (Wildman–Crippen LogP) is 1.83. The van der Waals surface area contributed by atoms with Gasteiger partial charge in [0.15, 0.2) is 0 Å². The van der Waals surface area contributed by atoms with Crippen molar-refractivity contribution in [1.82, 2.24) is 4.98 Å². The summed E-state index contributed by atoms with van der Waals surface area (Å²) in [6.07, 6.45) is 5.77. The Morgan fingerprint density at radius 1 is 1.37 bits per heavy atom. The number of aromatic amines is 1. The van der Waals surface area contributed by atoms with Gasteiger partial charge in [-0.2, -0.15) is 0 Å². The average Bonchev–Trinajstić information content (AvgIpc) is 2.39. The van der Waals surface area contributed by atoms with Crippen LogP contribution in [0.25, 0.3) is 17.0 Å². The van der Waals surface area contributed by atoms with Gasteiger partial charge in [0.25, 0.3) is 0 Å². The first-order valence-electron chi connectivity index (χ1n) is 5.62. The molecular weight excluding hydrogens is 246 g/mol. The zero-order chi connectivity index (χ0) is 13.8. The Kier molecular flexibility index (Phi) is 3.56. The normalized spacial score (nSPS) is 10.9. The van der Waals surface area contributed by atoms with Crippen molar-refractivity contribution in [1.29, 1.82) is 0 Å².